The Labute approximate surface area is 140 Å². The molecule has 1 aliphatic carbocycles. The maximum absolute atomic E-state index is 12.9. The molecule has 0 saturated heterocycles. The highest BCUT2D eigenvalue weighted by Crippen LogP contribution is 2.41. The molecule has 3 rings (SSSR count). The largest absolute Gasteiger partial charge is 0.351 e. The maximum atomic E-state index is 12.9. The van der Waals surface area contributed by atoms with Crippen LogP contribution in [-0.4, -0.2) is 5.91 Å². The van der Waals surface area contributed by atoms with Crippen molar-refractivity contribution >= 4 is 21.8 Å². The Balaban J connectivity index is 1.76. The quantitative estimate of drug-likeness (QED) is 0.852. The number of amides is 1. The van der Waals surface area contributed by atoms with E-state index in [0.29, 0.717) is 6.54 Å². The van der Waals surface area contributed by atoms with E-state index in [9.17, 15) is 4.79 Å². The average molecular weight is 358 g/mol. The summed E-state index contributed by atoms with van der Waals surface area (Å²) in [5.74, 6) is 0.163. The molecule has 1 fully saturated rings. The molecule has 0 unspecified atom stereocenters. The molecule has 2 aromatic carbocycles. The fourth-order valence-electron chi connectivity index (χ4n) is 3.38. The molecule has 0 spiro atoms. The van der Waals surface area contributed by atoms with E-state index in [1.54, 1.807) is 0 Å². The van der Waals surface area contributed by atoms with E-state index in [1.165, 1.54) is 0 Å². The van der Waals surface area contributed by atoms with Crippen molar-refractivity contribution in [3.05, 3.63) is 70.2 Å². The predicted molar refractivity (Wildman–Crippen MR) is 92.6 cm³/mol. The number of hydrogen-bond donors (Lipinski definition) is 1. The van der Waals surface area contributed by atoms with E-state index in [0.717, 1.165) is 41.3 Å². The lowest BCUT2D eigenvalue weighted by molar-refractivity contribution is -0.126. The van der Waals surface area contributed by atoms with Crippen LogP contribution in [0.1, 0.15) is 36.8 Å². The van der Waals surface area contributed by atoms with Gasteiger partial charge in [-0.15, -0.1) is 0 Å². The number of nitrogens with one attached hydrogen (secondary N) is 1. The van der Waals surface area contributed by atoms with Crippen LogP contribution in [0.25, 0.3) is 0 Å². The molecule has 1 N–H and O–H groups in total. The Morgan fingerprint density at radius 2 is 1.77 bits per heavy atom. The van der Waals surface area contributed by atoms with Gasteiger partial charge in [0.05, 0.1) is 5.41 Å². The van der Waals surface area contributed by atoms with E-state index >= 15 is 0 Å². The topological polar surface area (TPSA) is 29.1 Å². The van der Waals surface area contributed by atoms with Crippen molar-refractivity contribution in [2.24, 2.45) is 0 Å². The van der Waals surface area contributed by atoms with Gasteiger partial charge in [0.25, 0.3) is 0 Å². The zero-order valence-corrected chi connectivity index (χ0v) is 14.1. The van der Waals surface area contributed by atoms with Gasteiger partial charge in [-0.3, -0.25) is 4.79 Å². The smallest absolute Gasteiger partial charge is 0.230 e. The third kappa shape index (κ3) is 3.09. The van der Waals surface area contributed by atoms with E-state index in [-0.39, 0.29) is 11.3 Å². The highest BCUT2D eigenvalue weighted by atomic mass is 79.9. The summed E-state index contributed by atoms with van der Waals surface area (Å²) in [6.45, 7) is 0.576. The molecular formula is C19H20BrNO. The molecule has 0 aliphatic heterocycles. The van der Waals surface area contributed by atoms with Crippen LogP contribution in [0.5, 0.6) is 0 Å². The van der Waals surface area contributed by atoms with Gasteiger partial charge in [-0.25, -0.2) is 0 Å². The minimum Gasteiger partial charge on any atom is -0.351 e. The van der Waals surface area contributed by atoms with Gasteiger partial charge in [-0.1, -0.05) is 71.2 Å². The Bertz CT molecular complexity index is 647. The summed E-state index contributed by atoms with van der Waals surface area (Å²) in [7, 11) is 0. The van der Waals surface area contributed by atoms with Gasteiger partial charge in [0, 0.05) is 11.0 Å². The number of rotatable bonds is 4. The molecule has 1 saturated carbocycles. The van der Waals surface area contributed by atoms with Crippen LogP contribution in [0.3, 0.4) is 0 Å². The highest BCUT2D eigenvalue weighted by Gasteiger charge is 2.42. The number of benzene rings is 2. The van der Waals surface area contributed by atoms with E-state index in [1.807, 2.05) is 42.5 Å². The summed E-state index contributed by atoms with van der Waals surface area (Å²) in [6.07, 6.45) is 4.14. The van der Waals surface area contributed by atoms with Gasteiger partial charge >= 0.3 is 0 Å². The maximum Gasteiger partial charge on any atom is 0.230 e. The Morgan fingerprint density at radius 1 is 1.05 bits per heavy atom. The average Bonchev–Trinajstić information content (AvgIpc) is 3.04. The van der Waals surface area contributed by atoms with Crippen LogP contribution < -0.4 is 5.32 Å². The Morgan fingerprint density at radius 3 is 2.45 bits per heavy atom. The first-order chi connectivity index (χ1) is 10.7. The lowest BCUT2D eigenvalue weighted by Gasteiger charge is -2.28. The van der Waals surface area contributed by atoms with Crippen molar-refractivity contribution < 1.29 is 4.79 Å². The van der Waals surface area contributed by atoms with E-state index in [2.05, 4.69) is 33.4 Å². The van der Waals surface area contributed by atoms with Crippen molar-refractivity contribution in [2.75, 3.05) is 0 Å². The molecule has 22 heavy (non-hydrogen) atoms. The second-order valence-corrected chi connectivity index (χ2v) is 6.88. The normalized spacial score (nSPS) is 16.4. The van der Waals surface area contributed by atoms with E-state index < -0.39 is 0 Å². The van der Waals surface area contributed by atoms with Crippen LogP contribution >= 0.6 is 15.9 Å². The predicted octanol–water partition coefficient (Wildman–Crippen LogP) is 4.58. The summed E-state index contributed by atoms with van der Waals surface area (Å²) in [5.41, 5.74) is 1.93. The zero-order chi connectivity index (χ0) is 15.4. The van der Waals surface area contributed by atoms with Crippen LogP contribution in [0.2, 0.25) is 0 Å². The minimum atomic E-state index is -0.340. The number of carbonyl (C=O) groups excluding carboxylic acids is 1. The molecule has 3 heteroatoms. The molecule has 0 heterocycles. The fraction of sp³-hybridized carbons (Fsp3) is 0.316. The summed E-state index contributed by atoms with van der Waals surface area (Å²) in [6, 6.07) is 18.3. The third-order valence-electron chi connectivity index (χ3n) is 4.56. The lowest BCUT2D eigenvalue weighted by atomic mass is 9.78. The first kappa shape index (κ1) is 15.3. The third-order valence-corrected chi connectivity index (χ3v) is 5.05. The Kier molecular flexibility index (Phi) is 4.63. The van der Waals surface area contributed by atoms with Crippen molar-refractivity contribution in [3.8, 4) is 0 Å². The van der Waals surface area contributed by atoms with Crippen molar-refractivity contribution in [1.82, 2.24) is 5.32 Å². The van der Waals surface area contributed by atoms with Crippen molar-refractivity contribution in [1.29, 1.82) is 0 Å². The molecule has 1 amide bonds. The second kappa shape index (κ2) is 6.66. The van der Waals surface area contributed by atoms with Gasteiger partial charge in [-0.05, 0) is 36.1 Å². The van der Waals surface area contributed by atoms with E-state index in [4.69, 9.17) is 0 Å². The lowest BCUT2D eigenvalue weighted by Crippen LogP contribution is -2.42. The number of carbonyl (C=O) groups is 1. The summed E-state index contributed by atoms with van der Waals surface area (Å²) in [5, 5.41) is 3.15. The van der Waals surface area contributed by atoms with Crippen molar-refractivity contribution in [2.45, 2.75) is 37.6 Å². The van der Waals surface area contributed by atoms with Gasteiger partial charge in [0.15, 0.2) is 0 Å². The minimum absolute atomic E-state index is 0.163. The molecule has 0 radical (unpaired) electrons. The summed E-state index contributed by atoms with van der Waals surface area (Å²) in [4.78, 5) is 12.9. The molecule has 0 atom stereocenters. The van der Waals surface area contributed by atoms with Crippen LogP contribution in [0.4, 0.5) is 0 Å². The zero-order valence-electron chi connectivity index (χ0n) is 12.5. The molecule has 114 valence electrons. The van der Waals surface area contributed by atoms with Gasteiger partial charge in [0.2, 0.25) is 5.91 Å². The molecule has 1 aliphatic rings. The monoisotopic (exact) mass is 357 g/mol. The molecule has 0 aromatic heterocycles. The van der Waals surface area contributed by atoms with Crippen LogP contribution in [0, 0.1) is 0 Å². The van der Waals surface area contributed by atoms with Gasteiger partial charge in [-0.2, -0.15) is 0 Å². The first-order valence-corrected chi connectivity index (χ1v) is 8.58. The first-order valence-electron chi connectivity index (χ1n) is 7.79. The standard InChI is InChI=1S/C19H20BrNO/c20-17-10-6-7-15(13-17)14-21-18(22)19(11-4-5-12-19)16-8-2-1-3-9-16/h1-3,6-10,13H,4-5,11-12,14H2,(H,21,22). The SMILES string of the molecule is O=C(NCc1cccc(Br)c1)C1(c2ccccc2)CCCC1. The van der Waals surface area contributed by atoms with Gasteiger partial charge < -0.3 is 5.32 Å². The number of hydrogen-bond acceptors (Lipinski definition) is 1. The number of halogens is 1. The molecule has 0 bridgehead atoms. The van der Waals surface area contributed by atoms with Crippen LogP contribution in [-0.2, 0) is 16.8 Å². The van der Waals surface area contributed by atoms with Gasteiger partial charge in [0.1, 0.15) is 0 Å². The Hall–Kier alpha value is -1.61. The molecule has 2 aromatic rings. The second-order valence-electron chi connectivity index (χ2n) is 5.97. The molecular weight excluding hydrogens is 338 g/mol. The van der Waals surface area contributed by atoms with Crippen LogP contribution in [0.15, 0.2) is 59.1 Å². The molecule has 2 nitrogen and oxygen atoms in total. The highest BCUT2D eigenvalue weighted by molar-refractivity contribution is 9.10. The fourth-order valence-corrected chi connectivity index (χ4v) is 3.83. The summed E-state index contributed by atoms with van der Waals surface area (Å²) >= 11 is 3.47. The summed E-state index contributed by atoms with van der Waals surface area (Å²) < 4.78 is 1.04. The van der Waals surface area contributed by atoms with Crippen molar-refractivity contribution in [3.63, 3.8) is 0 Å².